The minimum Gasteiger partial charge on any atom is -0.388 e. The second-order valence-corrected chi connectivity index (χ2v) is 6.64. The van der Waals surface area contributed by atoms with Crippen molar-refractivity contribution in [3.05, 3.63) is 47.4 Å². The van der Waals surface area contributed by atoms with Crippen LogP contribution in [-0.2, 0) is 10.0 Å². The molecule has 0 amide bonds. The third-order valence-electron chi connectivity index (χ3n) is 2.64. The third kappa shape index (κ3) is 3.73. The van der Waals surface area contributed by atoms with Gasteiger partial charge in [0.2, 0.25) is 0 Å². The van der Waals surface area contributed by atoms with Crippen LogP contribution in [0, 0.1) is 13.8 Å². The van der Waals surface area contributed by atoms with Crippen molar-refractivity contribution in [1.82, 2.24) is 9.97 Å². The number of nitrogens with zero attached hydrogens (tertiary/aromatic N) is 2. The van der Waals surface area contributed by atoms with Crippen LogP contribution >= 0.6 is 12.2 Å². The predicted octanol–water partition coefficient (Wildman–Crippen LogP) is 1.53. The van der Waals surface area contributed by atoms with Gasteiger partial charge in [-0.25, -0.2) is 13.4 Å². The maximum absolute atomic E-state index is 12.3. The van der Waals surface area contributed by atoms with Crippen molar-refractivity contribution in [2.24, 2.45) is 5.73 Å². The zero-order chi connectivity index (χ0) is 15.6. The molecule has 0 aliphatic heterocycles. The molecular weight excluding hydrogens is 308 g/mol. The van der Waals surface area contributed by atoms with Crippen molar-refractivity contribution in [2.75, 3.05) is 4.72 Å². The van der Waals surface area contributed by atoms with E-state index >= 15 is 0 Å². The maximum Gasteiger partial charge on any atom is 0.264 e. The summed E-state index contributed by atoms with van der Waals surface area (Å²) < 4.78 is 26.9. The Morgan fingerprint density at radius 1 is 1.29 bits per heavy atom. The van der Waals surface area contributed by atoms with Gasteiger partial charge in [0, 0.05) is 11.9 Å². The summed E-state index contributed by atoms with van der Waals surface area (Å²) in [6.07, 6.45) is 1.21. The number of hydrogen-bond donors (Lipinski definition) is 2. The van der Waals surface area contributed by atoms with Crippen LogP contribution in [0.4, 0.5) is 5.82 Å². The van der Waals surface area contributed by atoms with E-state index in [4.69, 9.17) is 18.0 Å². The SMILES string of the molecule is Cc1cc(C)nc(NS(=O)(=O)c2ccc(C(N)=S)nc2)c1. The van der Waals surface area contributed by atoms with Gasteiger partial charge in [-0.3, -0.25) is 9.71 Å². The minimum absolute atomic E-state index is 0.0171. The third-order valence-corrected chi connectivity index (χ3v) is 4.18. The molecule has 0 bridgehead atoms. The maximum atomic E-state index is 12.3. The molecule has 2 aromatic heterocycles. The molecule has 0 saturated carbocycles. The van der Waals surface area contributed by atoms with E-state index in [1.165, 1.54) is 18.3 Å². The lowest BCUT2D eigenvalue weighted by atomic mass is 10.2. The van der Waals surface area contributed by atoms with Gasteiger partial charge in [0.15, 0.2) is 0 Å². The first-order valence-corrected chi connectivity index (χ1v) is 7.91. The molecule has 0 fully saturated rings. The number of hydrogen-bond acceptors (Lipinski definition) is 5. The molecule has 0 radical (unpaired) electrons. The van der Waals surface area contributed by atoms with Crippen LogP contribution in [0.5, 0.6) is 0 Å². The minimum atomic E-state index is -3.75. The number of sulfonamides is 1. The Hall–Kier alpha value is -2.06. The molecule has 2 rings (SSSR count). The number of nitrogens with one attached hydrogen (secondary N) is 1. The number of anilines is 1. The molecule has 0 aromatic carbocycles. The molecule has 0 atom stereocenters. The van der Waals surface area contributed by atoms with Crippen LogP contribution in [0.3, 0.4) is 0 Å². The van der Waals surface area contributed by atoms with E-state index in [1.54, 1.807) is 13.0 Å². The predicted molar refractivity (Wildman–Crippen MR) is 84.6 cm³/mol. The Kier molecular flexibility index (Phi) is 4.19. The zero-order valence-corrected chi connectivity index (χ0v) is 13.1. The van der Waals surface area contributed by atoms with E-state index in [0.29, 0.717) is 5.69 Å². The molecule has 8 heteroatoms. The van der Waals surface area contributed by atoms with E-state index in [9.17, 15) is 8.42 Å². The quantitative estimate of drug-likeness (QED) is 0.828. The first-order chi connectivity index (χ1) is 9.78. The molecule has 0 aliphatic rings. The lowest BCUT2D eigenvalue weighted by molar-refractivity contribution is 0.600. The summed E-state index contributed by atoms with van der Waals surface area (Å²) in [6, 6.07) is 6.37. The summed E-state index contributed by atoms with van der Waals surface area (Å²) >= 11 is 4.77. The van der Waals surface area contributed by atoms with Gasteiger partial charge in [-0.05, 0) is 43.7 Å². The number of aryl methyl sites for hydroxylation is 2. The zero-order valence-electron chi connectivity index (χ0n) is 11.5. The Labute approximate surface area is 128 Å². The van der Waals surface area contributed by atoms with Crippen molar-refractivity contribution in [3.8, 4) is 0 Å². The van der Waals surface area contributed by atoms with Gasteiger partial charge in [-0.15, -0.1) is 0 Å². The van der Waals surface area contributed by atoms with E-state index in [0.717, 1.165) is 11.3 Å². The lowest BCUT2D eigenvalue weighted by Crippen LogP contribution is -2.16. The Bertz CT molecular complexity index is 766. The molecule has 2 aromatic rings. The van der Waals surface area contributed by atoms with Crippen LogP contribution in [0.25, 0.3) is 0 Å². The largest absolute Gasteiger partial charge is 0.388 e. The highest BCUT2D eigenvalue weighted by atomic mass is 32.2. The van der Waals surface area contributed by atoms with Crippen LogP contribution in [-0.4, -0.2) is 23.4 Å². The van der Waals surface area contributed by atoms with Gasteiger partial charge in [-0.1, -0.05) is 12.2 Å². The first-order valence-electron chi connectivity index (χ1n) is 6.02. The smallest absolute Gasteiger partial charge is 0.264 e. The van der Waals surface area contributed by atoms with E-state index in [-0.39, 0.29) is 15.7 Å². The molecule has 0 spiro atoms. The number of rotatable bonds is 4. The fourth-order valence-electron chi connectivity index (χ4n) is 1.78. The molecule has 110 valence electrons. The average Bonchev–Trinajstić information content (AvgIpc) is 2.37. The fraction of sp³-hybridized carbons (Fsp3) is 0.154. The lowest BCUT2D eigenvalue weighted by Gasteiger charge is -2.09. The normalized spacial score (nSPS) is 11.1. The molecule has 3 N–H and O–H groups in total. The van der Waals surface area contributed by atoms with Crippen LogP contribution in [0.1, 0.15) is 17.0 Å². The number of pyridine rings is 2. The highest BCUT2D eigenvalue weighted by Gasteiger charge is 2.16. The Morgan fingerprint density at radius 3 is 2.52 bits per heavy atom. The molecular formula is C13H14N4O2S2. The van der Waals surface area contributed by atoms with Crippen LogP contribution < -0.4 is 10.5 Å². The molecule has 21 heavy (non-hydrogen) atoms. The van der Waals surface area contributed by atoms with Crippen molar-refractivity contribution in [2.45, 2.75) is 18.7 Å². The summed E-state index contributed by atoms with van der Waals surface area (Å²) in [5.41, 5.74) is 7.44. The van der Waals surface area contributed by atoms with Crippen molar-refractivity contribution < 1.29 is 8.42 Å². The van der Waals surface area contributed by atoms with Gasteiger partial charge in [-0.2, -0.15) is 0 Å². The number of aromatic nitrogens is 2. The van der Waals surface area contributed by atoms with Crippen molar-refractivity contribution in [1.29, 1.82) is 0 Å². The van der Waals surface area contributed by atoms with Crippen LogP contribution in [0.15, 0.2) is 35.4 Å². The summed E-state index contributed by atoms with van der Waals surface area (Å²) in [5, 5.41) is 0. The molecule has 0 saturated heterocycles. The average molecular weight is 322 g/mol. The van der Waals surface area contributed by atoms with E-state index in [1.807, 2.05) is 13.0 Å². The van der Waals surface area contributed by atoms with Gasteiger partial charge >= 0.3 is 0 Å². The highest BCUT2D eigenvalue weighted by Crippen LogP contribution is 2.15. The van der Waals surface area contributed by atoms with Crippen LogP contribution in [0.2, 0.25) is 0 Å². The Balaban J connectivity index is 2.31. The second-order valence-electron chi connectivity index (χ2n) is 4.52. The standard InChI is InChI=1S/C13H14N4O2S2/c1-8-5-9(2)16-12(6-8)17-21(18,19)10-3-4-11(13(14)20)15-7-10/h3-7H,1-2H3,(H2,14,20)(H,16,17). The molecule has 0 aliphatic carbocycles. The van der Waals surface area contributed by atoms with Gasteiger partial charge in [0.05, 0.1) is 5.69 Å². The fourth-order valence-corrected chi connectivity index (χ4v) is 2.83. The molecule has 6 nitrogen and oxygen atoms in total. The van der Waals surface area contributed by atoms with Gasteiger partial charge in [0.25, 0.3) is 10.0 Å². The van der Waals surface area contributed by atoms with Gasteiger partial charge < -0.3 is 5.73 Å². The second kappa shape index (κ2) is 5.74. The first kappa shape index (κ1) is 15.3. The molecule has 0 unspecified atom stereocenters. The van der Waals surface area contributed by atoms with Crippen molar-refractivity contribution >= 4 is 33.0 Å². The summed E-state index contributed by atoms with van der Waals surface area (Å²) in [4.78, 5) is 8.19. The monoisotopic (exact) mass is 322 g/mol. The number of nitrogens with two attached hydrogens (primary N) is 1. The number of thiocarbonyl (C=S) groups is 1. The molecule has 2 heterocycles. The van der Waals surface area contributed by atoms with Crippen molar-refractivity contribution in [3.63, 3.8) is 0 Å². The van der Waals surface area contributed by atoms with E-state index in [2.05, 4.69) is 14.7 Å². The summed E-state index contributed by atoms with van der Waals surface area (Å²) in [6.45, 7) is 3.66. The Morgan fingerprint density at radius 2 is 2.00 bits per heavy atom. The summed E-state index contributed by atoms with van der Waals surface area (Å²) in [5.74, 6) is 0.269. The van der Waals surface area contributed by atoms with E-state index < -0.39 is 10.0 Å². The van der Waals surface area contributed by atoms with Gasteiger partial charge in [0.1, 0.15) is 15.7 Å². The highest BCUT2D eigenvalue weighted by molar-refractivity contribution is 7.92. The topological polar surface area (TPSA) is 98.0 Å². The summed E-state index contributed by atoms with van der Waals surface area (Å²) in [7, 11) is -3.75.